The van der Waals surface area contributed by atoms with Crippen molar-refractivity contribution in [3.63, 3.8) is 0 Å². The fourth-order valence-corrected chi connectivity index (χ4v) is 2.54. The van der Waals surface area contributed by atoms with Gasteiger partial charge in [0.15, 0.2) is 0 Å². The van der Waals surface area contributed by atoms with E-state index in [9.17, 15) is 4.39 Å². The van der Waals surface area contributed by atoms with Crippen LogP contribution in [0.5, 0.6) is 5.75 Å². The third-order valence-corrected chi connectivity index (χ3v) is 3.79. The fraction of sp³-hybridized carbons (Fsp3) is 0.333. The Bertz CT molecular complexity index is 580. The molecular formula is C18H22FNO. The van der Waals surface area contributed by atoms with Crippen molar-refractivity contribution in [2.24, 2.45) is 0 Å². The van der Waals surface area contributed by atoms with Crippen LogP contribution in [-0.4, -0.2) is 20.7 Å². The lowest BCUT2D eigenvalue weighted by Crippen LogP contribution is -2.13. The molecule has 2 nitrogen and oxygen atoms in total. The lowest BCUT2D eigenvalue weighted by atomic mass is 9.87. The molecule has 2 aromatic carbocycles. The second-order valence-electron chi connectivity index (χ2n) is 5.23. The number of rotatable bonds is 6. The molecule has 0 heterocycles. The lowest BCUT2D eigenvalue weighted by molar-refractivity contribution is 0.414. The molecule has 3 heteroatoms. The Morgan fingerprint density at radius 1 is 1.10 bits per heavy atom. The van der Waals surface area contributed by atoms with Crippen LogP contribution in [0, 0.1) is 12.7 Å². The van der Waals surface area contributed by atoms with Gasteiger partial charge in [-0.15, -0.1) is 0 Å². The van der Waals surface area contributed by atoms with E-state index in [1.807, 2.05) is 38.2 Å². The van der Waals surface area contributed by atoms with Crippen molar-refractivity contribution >= 4 is 0 Å². The van der Waals surface area contributed by atoms with Crippen LogP contribution in [0.1, 0.15) is 29.0 Å². The van der Waals surface area contributed by atoms with Crippen molar-refractivity contribution in [2.75, 3.05) is 20.7 Å². The van der Waals surface area contributed by atoms with Gasteiger partial charge in [-0.05, 0) is 61.8 Å². The Morgan fingerprint density at radius 3 is 2.33 bits per heavy atom. The smallest absolute Gasteiger partial charge is 0.126 e. The summed E-state index contributed by atoms with van der Waals surface area (Å²) < 4.78 is 18.7. The topological polar surface area (TPSA) is 21.3 Å². The first-order chi connectivity index (χ1) is 10.2. The SMILES string of the molecule is CNCCC(c1ccc(OC)cc1)c1ccc(F)c(C)c1. The normalized spacial score (nSPS) is 12.2. The second-order valence-corrected chi connectivity index (χ2v) is 5.23. The van der Waals surface area contributed by atoms with Crippen molar-refractivity contribution in [1.82, 2.24) is 5.32 Å². The number of aryl methyl sites for hydroxylation is 1. The standard InChI is InChI=1S/C18H22FNO/c1-13-12-15(6-9-18(13)19)17(10-11-20-2)14-4-7-16(21-3)8-5-14/h4-9,12,17,20H,10-11H2,1-3H3. The molecule has 112 valence electrons. The molecule has 1 atom stereocenters. The van der Waals surface area contributed by atoms with E-state index in [0.29, 0.717) is 5.56 Å². The average molecular weight is 287 g/mol. The van der Waals surface area contributed by atoms with Crippen LogP contribution in [0.25, 0.3) is 0 Å². The van der Waals surface area contributed by atoms with Crippen molar-refractivity contribution in [1.29, 1.82) is 0 Å². The summed E-state index contributed by atoms with van der Waals surface area (Å²) in [6.07, 6.45) is 0.966. The molecule has 0 aliphatic rings. The summed E-state index contributed by atoms with van der Waals surface area (Å²) in [5.41, 5.74) is 3.06. The molecule has 0 saturated carbocycles. The van der Waals surface area contributed by atoms with E-state index in [1.165, 1.54) is 5.56 Å². The molecule has 0 bridgehead atoms. The van der Waals surface area contributed by atoms with Gasteiger partial charge < -0.3 is 10.1 Å². The monoisotopic (exact) mass is 287 g/mol. The molecule has 0 aliphatic heterocycles. The van der Waals surface area contributed by atoms with Crippen LogP contribution in [0.3, 0.4) is 0 Å². The van der Waals surface area contributed by atoms with E-state index < -0.39 is 0 Å². The molecule has 0 spiro atoms. The van der Waals surface area contributed by atoms with Crippen LogP contribution in [-0.2, 0) is 0 Å². The largest absolute Gasteiger partial charge is 0.497 e. The summed E-state index contributed by atoms with van der Waals surface area (Å²) in [5.74, 6) is 0.949. The number of halogens is 1. The second kappa shape index (κ2) is 7.23. The maximum Gasteiger partial charge on any atom is 0.126 e. The first kappa shape index (κ1) is 15.5. The molecule has 2 rings (SSSR count). The van der Waals surface area contributed by atoms with E-state index >= 15 is 0 Å². The Balaban J connectivity index is 2.33. The minimum Gasteiger partial charge on any atom is -0.497 e. The molecule has 0 saturated heterocycles. The number of benzene rings is 2. The Labute approximate surface area is 126 Å². The van der Waals surface area contributed by atoms with E-state index in [1.54, 1.807) is 13.2 Å². The van der Waals surface area contributed by atoms with Gasteiger partial charge in [-0.25, -0.2) is 4.39 Å². The van der Waals surface area contributed by atoms with E-state index in [4.69, 9.17) is 4.74 Å². The highest BCUT2D eigenvalue weighted by molar-refractivity contribution is 5.37. The Morgan fingerprint density at radius 2 is 1.76 bits per heavy atom. The molecule has 1 unspecified atom stereocenters. The molecule has 0 radical (unpaired) electrons. The average Bonchev–Trinajstić information content (AvgIpc) is 2.51. The van der Waals surface area contributed by atoms with Gasteiger partial charge in [-0.3, -0.25) is 0 Å². The van der Waals surface area contributed by atoms with Gasteiger partial charge in [0.05, 0.1) is 7.11 Å². The van der Waals surface area contributed by atoms with E-state index in [2.05, 4.69) is 17.4 Å². The van der Waals surface area contributed by atoms with Crippen molar-refractivity contribution in [2.45, 2.75) is 19.3 Å². The molecule has 0 aliphatic carbocycles. The van der Waals surface area contributed by atoms with Crippen LogP contribution < -0.4 is 10.1 Å². The molecule has 21 heavy (non-hydrogen) atoms. The van der Waals surface area contributed by atoms with Gasteiger partial charge in [0, 0.05) is 5.92 Å². The zero-order valence-corrected chi connectivity index (χ0v) is 12.8. The summed E-state index contributed by atoms with van der Waals surface area (Å²) in [6, 6.07) is 13.5. The highest BCUT2D eigenvalue weighted by Gasteiger charge is 2.15. The fourth-order valence-electron chi connectivity index (χ4n) is 2.54. The van der Waals surface area contributed by atoms with Crippen molar-refractivity contribution in [3.8, 4) is 5.75 Å². The summed E-state index contributed by atoms with van der Waals surface area (Å²) in [6.45, 7) is 2.72. The van der Waals surface area contributed by atoms with Gasteiger partial charge in [0.1, 0.15) is 11.6 Å². The van der Waals surface area contributed by atoms with Crippen LogP contribution in [0.2, 0.25) is 0 Å². The third-order valence-electron chi connectivity index (χ3n) is 3.79. The predicted molar refractivity (Wildman–Crippen MR) is 84.5 cm³/mol. The number of hydrogen-bond donors (Lipinski definition) is 1. The molecular weight excluding hydrogens is 265 g/mol. The Hall–Kier alpha value is -1.87. The van der Waals surface area contributed by atoms with Gasteiger partial charge in [0.2, 0.25) is 0 Å². The predicted octanol–water partition coefficient (Wildman–Crippen LogP) is 3.88. The summed E-state index contributed by atoms with van der Waals surface area (Å²) in [4.78, 5) is 0. The van der Waals surface area contributed by atoms with Gasteiger partial charge in [-0.1, -0.05) is 24.3 Å². The quantitative estimate of drug-likeness (QED) is 0.870. The molecule has 1 N–H and O–H groups in total. The first-order valence-corrected chi connectivity index (χ1v) is 7.20. The number of nitrogens with one attached hydrogen (secondary N) is 1. The minimum absolute atomic E-state index is 0.152. The van der Waals surface area contributed by atoms with E-state index in [0.717, 1.165) is 24.3 Å². The summed E-state index contributed by atoms with van der Waals surface area (Å²) >= 11 is 0. The highest BCUT2D eigenvalue weighted by Crippen LogP contribution is 2.30. The maximum atomic E-state index is 13.5. The minimum atomic E-state index is -0.152. The van der Waals surface area contributed by atoms with E-state index in [-0.39, 0.29) is 11.7 Å². The Kier molecular flexibility index (Phi) is 5.34. The van der Waals surface area contributed by atoms with Crippen LogP contribution in [0.4, 0.5) is 4.39 Å². The number of hydrogen-bond acceptors (Lipinski definition) is 2. The third kappa shape index (κ3) is 3.82. The van der Waals surface area contributed by atoms with Crippen molar-refractivity contribution < 1.29 is 9.13 Å². The summed E-state index contributed by atoms with van der Waals surface area (Å²) in [5, 5.41) is 3.19. The molecule has 0 amide bonds. The summed E-state index contributed by atoms with van der Waals surface area (Å²) in [7, 11) is 3.61. The van der Waals surface area contributed by atoms with Gasteiger partial charge >= 0.3 is 0 Å². The van der Waals surface area contributed by atoms with Gasteiger partial charge in [-0.2, -0.15) is 0 Å². The van der Waals surface area contributed by atoms with Crippen molar-refractivity contribution in [3.05, 3.63) is 65.0 Å². The maximum absolute atomic E-state index is 13.5. The highest BCUT2D eigenvalue weighted by atomic mass is 19.1. The first-order valence-electron chi connectivity index (χ1n) is 7.20. The lowest BCUT2D eigenvalue weighted by Gasteiger charge is -2.19. The molecule has 0 aromatic heterocycles. The van der Waals surface area contributed by atoms with Gasteiger partial charge in [0.25, 0.3) is 0 Å². The number of ether oxygens (including phenoxy) is 1. The zero-order chi connectivity index (χ0) is 15.2. The van der Waals surface area contributed by atoms with Crippen LogP contribution in [0.15, 0.2) is 42.5 Å². The molecule has 0 fully saturated rings. The number of methoxy groups -OCH3 is 1. The van der Waals surface area contributed by atoms with Crippen LogP contribution >= 0.6 is 0 Å². The zero-order valence-electron chi connectivity index (χ0n) is 12.8. The molecule has 2 aromatic rings.